The summed E-state index contributed by atoms with van der Waals surface area (Å²) in [5.41, 5.74) is 6.45. The number of halogens is 3. The lowest BCUT2D eigenvalue weighted by Crippen LogP contribution is -2.37. The SMILES string of the molecule is Nc1cccc(C(=O)N2CCc3c(ncnc3Oc3ccc(C(F)(F)F)cc3)C2)n1. The predicted molar refractivity (Wildman–Crippen MR) is 101 cm³/mol. The van der Waals surface area contributed by atoms with E-state index >= 15 is 0 Å². The van der Waals surface area contributed by atoms with E-state index in [1.165, 1.54) is 18.5 Å². The summed E-state index contributed by atoms with van der Waals surface area (Å²) in [4.78, 5) is 26.7. The lowest BCUT2D eigenvalue weighted by molar-refractivity contribution is -0.137. The highest BCUT2D eigenvalue weighted by atomic mass is 19.4. The monoisotopic (exact) mass is 415 g/mol. The van der Waals surface area contributed by atoms with Crippen molar-refractivity contribution >= 4 is 11.7 Å². The van der Waals surface area contributed by atoms with Gasteiger partial charge >= 0.3 is 6.18 Å². The molecule has 0 atom stereocenters. The first-order valence-corrected chi connectivity index (χ1v) is 9.01. The first-order valence-electron chi connectivity index (χ1n) is 9.01. The van der Waals surface area contributed by atoms with E-state index in [9.17, 15) is 18.0 Å². The van der Waals surface area contributed by atoms with Gasteiger partial charge in [-0.05, 0) is 42.8 Å². The molecular formula is C20H16F3N5O2. The van der Waals surface area contributed by atoms with Crippen LogP contribution < -0.4 is 10.5 Å². The van der Waals surface area contributed by atoms with Crippen molar-refractivity contribution in [2.24, 2.45) is 0 Å². The summed E-state index contributed by atoms with van der Waals surface area (Å²) in [6.07, 6.45) is -2.69. The lowest BCUT2D eigenvalue weighted by Gasteiger charge is -2.28. The summed E-state index contributed by atoms with van der Waals surface area (Å²) >= 11 is 0. The van der Waals surface area contributed by atoms with Crippen LogP contribution in [0, 0.1) is 0 Å². The van der Waals surface area contributed by atoms with Crippen molar-refractivity contribution in [1.82, 2.24) is 19.9 Å². The highest BCUT2D eigenvalue weighted by molar-refractivity contribution is 5.92. The molecule has 1 aliphatic heterocycles. The van der Waals surface area contributed by atoms with Gasteiger partial charge in [-0.2, -0.15) is 13.2 Å². The minimum absolute atomic E-state index is 0.228. The number of hydrogen-bond donors (Lipinski definition) is 1. The van der Waals surface area contributed by atoms with Crippen molar-refractivity contribution in [1.29, 1.82) is 0 Å². The number of benzene rings is 1. The molecule has 4 rings (SSSR count). The summed E-state index contributed by atoms with van der Waals surface area (Å²) in [5.74, 6) is 0.477. The third kappa shape index (κ3) is 4.02. The summed E-state index contributed by atoms with van der Waals surface area (Å²) in [6.45, 7) is 0.621. The van der Waals surface area contributed by atoms with E-state index in [0.717, 1.165) is 12.1 Å². The summed E-state index contributed by atoms with van der Waals surface area (Å²) in [6, 6.07) is 9.21. The summed E-state index contributed by atoms with van der Waals surface area (Å²) < 4.78 is 43.8. The molecule has 2 aromatic heterocycles. The molecule has 3 aromatic rings. The molecule has 1 aliphatic rings. The highest BCUT2D eigenvalue weighted by Crippen LogP contribution is 2.32. The number of amides is 1. The van der Waals surface area contributed by atoms with Gasteiger partial charge in [0.05, 0.1) is 17.8 Å². The van der Waals surface area contributed by atoms with E-state index in [1.807, 2.05) is 0 Å². The molecule has 0 saturated carbocycles. The van der Waals surface area contributed by atoms with Crippen molar-refractivity contribution < 1.29 is 22.7 Å². The van der Waals surface area contributed by atoms with E-state index < -0.39 is 11.7 Å². The van der Waals surface area contributed by atoms with Crippen LogP contribution in [-0.4, -0.2) is 32.3 Å². The van der Waals surface area contributed by atoms with Gasteiger partial charge in [-0.3, -0.25) is 4.79 Å². The molecule has 2 N–H and O–H groups in total. The second-order valence-corrected chi connectivity index (χ2v) is 6.65. The Labute approximate surface area is 169 Å². The normalized spacial score (nSPS) is 13.6. The van der Waals surface area contributed by atoms with Gasteiger partial charge in [0, 0.05) is 12.1 Å². The van der Waals surface area contributed by atoms with Crippen molar-refractivity contribution in [2.75, 3.05) is 12.3 Å². The second-order valence-electron chi connectivity index (χ2n) is 6.65. The Bertz CT molecular complexity index is 1090. The fourth-order valence-corrected chi connectivity index (χ4v) is 3.14. The molecule has 0 aliphatic carbocycles. The van der Waals surface area contributed by atoms with Gasteiger partial charge in [-0.1, -0.05) is 6.07 Å². The van der Waals surface area contributed by atoms with Gasteiger partial charge in [0.2, 0.25) is 5.88 Å². The van der Waals surface area contributed by atoms with Gasteiger partial charge in [0.15, 0.2) is 0 Å². The number of carbonyl (C=O) groups is 1. The lowest BCUT2D eigenvalue weighted by atomic mass is 10.1. The van der Waals surface area contributed by atoms with Gasteiger partial charge in [0.25, 0.3) is 5.91 Å². The van der Waals surface area contributed by atoms with Crippen LogP contribution in [0.4, 0.5) is 19.0 Å². The van der Waals surface area contributed by atoms with Crippen molar-refractivity contribution in [3.8, 4) is 11.6 Å². The van der Waals surface area contributed by atoms with Crippen LogP contribution in [0.5, 0.6) is 11.6 Å². The number of rotatable bonds is 3. The Morgan fingerprint density at radius 1 is 1.10 bits per heavy atom. The molecule has 10 heteroatoms. The van der Waals surface area contributed by atoms with E-state index in [1.54, 1.807) is 23.1 Å². The Hall–Kier alpha value is -3.69. The summed E-state index contributed by atoms with van der Waals surface area (Å²) in [7, 11) is 0. The average molecular weight is 415 g/mol. The maximum Gasteiger partial charge on any atom is 0.416 e. The number of fused-ring (bicyclic) bond motifs is 1. The van der Waals surface area contributed by atoms with Crippen molar-refractivity contribution in [2.45, 2.75) is 19.1 Å². The Morgan fingerprint density at radius 2 is 1.87 bits per heavy atom. The van der Waals surface area contributed by atoms with Crippen LogP contribution in [0.2, 0.25) is 0 Å². The van der Waals surface area contributed by atoms with Gasteiger partial charge < -0.3 is 15.4 Å². The van der Waals surface area contributed by atoms with E-state index in [-0.39, 0.29) is 35.6 Å². The molecule has 0 fully saturated rings. The molecule has 154 valence electrons. The van der Waals surface area contributed by atoms with Crippen LogP contribution in [0.1, 0.15) is 27.3 Å². The topological polar surface area (TPSA) is 94.2 Å². The second kappa shape index (κ2) is 7.62. The van der Waals surface area contributed by atoms with Crippen LogP contribution in [-0.2, 0) is 19.1 Å². The van der Waals surface area contributed by atoms with Crippen LogP contribution in [0.15, 0.2) is 48.8 Å². The maximum absolute atomic E-state index is 12.7. The van der Waals surface area contributed by atoms with E-state index in [0.29, 0.717) is 24.2 Å². The molecule has 1 aromatic carbocycles. The zero-order valence-corrected chi connectivity index (χ0v) is 15.6. The minimum Gasteiger partial charge on any atom is -0.439 e. The van der Waals surface area contributed by atoms with Crippen molar-refractivity contribution in [3.05, 3.63) is 71.3 Å². The third-order valence-electron chi connectivity index (χ3n) is 4.64. The molecule has 30 heavy (non-hydrogen) atoms. The van der Waals surface area contributed by atoms with Crippen LogP contribution >= 0.6 is 0 Å². The van der Waals surface area contributed by atoms with Gasteiger partial charge in [0.1, 0.15) is 23.6 Å². The maximum atomic E-state index is 12.7. The highest BCUT2D eigenvalue weighted by Gasteiger charge is 2.30. The van der Waals surface area contributed by atoms with Gasteiger partial charge in [-0.25, -0.2) is 15.0 Å². The number of hydrogen-bond acceptors (Lipinski definition) is 6. The Kier molecular flexibility index (Phi) is 4.98. The molecule has 0 spiro atoms. The molecule has 0 bridgehead atoms. The van der Waals surface area contributed by atoms with Gasteiger partial charge in [-0.15, -0.1) is 0 Å². The minimum atomic E-state index is -4.42. The molecule has 0 radical (unpaired) electrons. The first-order chi connectivity index (χ1) is 14.3. The smallest absolute Gasteiger partial charge is 0.416 e. The number of carbonyl (C=O) groups excluding carboxylic acids is 1. The largest absolute Gasteiger partial charge is 0.439 e. The fraction of sp³-hybridized carbons (Fsp3) is 0.200. The number of ether oxygens (including phenoxy) is 1. The average Bonchev–Trinajstić information content (AvgIpc) is 2.73. The number of nitrogens with two attached hydrogens (primary N) is 1. The number of pyridine rings is 1. The molecule has 0 saturated heterocycles. The van der Waals surface area contributed by atoms with Crippen LogP contribution in [0.3, 0.4) is 0 Å². The zero-order chi connectivity index (χ0) is 21.3. The quantitative estimate of drug-likeness (QED) is 0.704. The number of nitrogens with zero attached hydrogens (tertiary/aromatic N) is 4. The fourth-order valence-electron chi connectivity index (χ4n) is 3.14. The Morgan fingerprint density at radius 3 is 2.57 bits per heavy atom. The predicted octanol–water partition coefficient (Wildman–Crippen LogP) is 3.46. The van der Waals surface area contributed by atoms with E-state index in [4.69, 9.17) is 10.5 Å². The van der Waals surface area contributed by atoms with Crippen LogP contribution in [0.25, 0.3) is 0 Å². The Balaban J connectivity index is 1.52. The number of nitrogen functional groups attached to an aromatic ring is 1. The van der Waals surface area contributed by atoms with E-state index in [2.05, 4.69) is 15.0 Å². The third-order valence-corrected chi connectivity index (χ3v) is 4.64. The molecule has 7 nitrogen and oxygen atoms in total. The zero-order valence-electron chi connectivity index (χ0n) is 15.6. The number of alkyl halides is 3. The first kappa shape index (κ1) is 19.6. The number of anilines is 1. The standard InChI is InChI=1S/C20H16F3N5O2/c21-20(22,23)12-4-6-13(7-5-12)30-18-14-8-9-28(10-16(14)25-11-26-18)19(29)15-2-1-3-17(24)27-15/h1-7,11H,8-10H2,(H2,24,27). The molecular weight excluding hydrogens is 399 g/mol. The summed E-state index contributed by atoms with van der Waals surface area (Å²) in [5, 5.41) is 0. The molecule has 3 heterocycles. The van der Waals surface area contributed by atoms with Crippen molar-refractivity contribution in [3.63, 3.8) is 0 Å². The molecule has 1 amide bonds. The number of aromatic nitrogens is 3. The molecule has 0 unspecified atom stereocenters.